The average molecular weight is 253 g/mol. The maximum atomic E-state index is 10.4. The van der Waals surface area contributed by atoms with Crippen LogP contribution in [0.3, 0.4) is 0 Å². The van der Waals surface area contributed by atoms with E-state index in [2.05, 4.69) is 0 Å². The summed E-state index contributed by atoms with van der Waals surface area (Å²) in [6.07, 6.45) is 0.152. The van der Waals surface area contributed by atoms with Crippen molar-refractivity contribution >= 4 is 5.97 Å². The van der Waals surface area contributed by atoms with Gasteiger partial charge in [-0.2, -0.15) is 0 Å². The average Bonchev–Trinajstić information content (AvgIpc) is 2.37. The number of ether oxygens (including phenoxy) is 2. The van der Waals surface area contributed by atoms with Crippen molar-refractivity contribution in [1.29, 1.82) is 0 Å². The van der Waals surface area contributed by atoms with E-state index in [4.69, 9.17) is 14.6 Å². The van der Waals surface area contributed by atoms with Crippen LogP contribution < -0.4 is 9.47 Å². The molecule has 0 radical (unpaired) electrons. The molecule has 0 bridgehead atoms. The maximum absolute atomic E-state index is 10.4. The molecule has 0 unspecified atom stereocenters. The zero-order chi connectivity index (χ0) is 13.4. The Bertz CT molecular complexity index is 364. The number of hydrogen-bond acceptors (Lipinski definition) is 4. The Morgan fingerprint density at radius 2 is 1.83 bits per heavy atom. The maximum Gasteiger partial charge on any atom is 0.304 e. The molecule has 0 heterocycles. The molecule has 1 aromatic rings. The molecule has 5 nitrogen and oxygen atoms in total. The van der Waals surface area contributed by atoms with E-state index in [0.717, 1.165) is 11.5 Å². The molecule has 18 heavy (non-hydrogen) atoms. The van der Waals surface area contributed by atoms with Gasteiger partial charge < -0.3 is 19.5 Å². The summed E-state index contributed by atoms with van der Waals surface area (Å²) in [7, 11) is 3.49. The molecule has 0 atom stereocenters. The first-order valence-electron chi connectivity index (χ1n) is 5.79. The molecule has 0 saturated carbocycles. The van der Waals surface area contributed by atoms with Crippen LogP contribution in [-0.4, -0.2) is 49.8 Å². The highest BCUT2D eigenvalue weighted by Gasteiger charge is 2.02. The Labute approximate surface area is 107 Å². The lowest BCUT2D eigenvalue weighted by atomic mass is 10.3. The molecule has 0 spiro atoms. The van der Waals surface area contributed by atoms with E-state index < -0.39 is 5.97 Å². The summed E-state index contributed by atoms with van der Waals surface area (Å²) in [5.74, 6) is 0.793. The molecule has 0 aliphatic heterocycles. The number of benzene rings is 1. The summed E-state index contributed by atoms with van der Waals surface area (Å²) in [4.78, 5) is 12.3. The number of hydrogen-bond donors (Lipinski definition) is 1. The normalized spacial score (nSPS) is 10.4. The summed E-state index contributed by atoms with van der Waals surface area (Å²) < 4.78 is 10.6. The second-order valence-electron chi connectivity index (χ2n) is 3.97. The van der Waals surface area contributed by atoms with E-state index in [1.165, 1.54) is 0 Å². The molecule has 5 heteroatoms. The molecule has 0 aromatic heterocycles. The molecule has 0 aliphatic rings. The Kier molecular flexibility index (Phi) is 6.00. The molecule has 1 aromatic carbocycles. The fourth-order valence-corrected chi connectivity index (χ4v) is 1.39. The lowest BCUT2D eigenvalue weighted by Gasteiger charge is -2.15. The quantitative estimate of drug-likeness (QED) is 0.760. The smallest absolute Gasteiger partial charge is 0.304 e. The van der Waals surface area contributed by atoms with Crippen molar-refractivity contribution in [2.45, 2.75) is 6.42 Å². The summed E-state index contributed by atoms with van der Waals surface area (Å²) in [5, 5.41) is 8.55. The molecule has 1 rings (SSSR count). The highest BCUT2D eigenvalue weighted by molar-refractivity contribution is 5.66. The standard InChI is InChI=1S/C13H19NO4/c1-14(8-7-13(15)16)9-10-18-12-5-3-11(17-2)4-6-12/h3-6H,7-10H2,1-2H3,(H,15,16). The molecule has 100 valence electrons. The summed E-state index contributed by atoms with van der Waals surface area (Å²) in [6, 6.07) is 7.36. The third kappa shape index (κ3) is 5.54. The van der Waals surface area contributed by atoms with Crippen molar-refractivity contribution in [2.24, 2.45) is 0 Å². The number of carboxylic acids is 1. The van der Waals surface area contributed by atoms with Crippen LogP contribution in [0.4, 0.5) is 0 Å². The van der Waals surface area contributed by atoms with Gasteiger partial charge in [-0.3, -0.25) is 4.79 Å². The van der Waals surface area contributed by atoms with Crippen molar-refractivity contribution in [3.8, 4) is 11.5 Å². The van der Waals surface area contributed by atoms with E-state index in [1.54, 1.807) is 7.11 Å². The SMILES string of the molecule is COc1ccc(OCCN(C)CCC(=O)O)cc1. The van der Waals surface area contributed by atoms with Crippen LogP contribution in [-0.2, 0) is 4.79 Å². The van der Waals surface area contributed by atoms with E-state index in [1.807, 2.05) is 36.2 Å². The first-order valence-corrected chi connectivity index (χ1v) is 5.79. The number of nitrogens with zero attached hydrogens (tertiary/aromatic N) is 1. The van der Waals surface area contributed by atoms with E-state index in [9.17, 15) is 4.79 Å². The van der Waals surface area contributed by atoms with Gasteiger partial charge >= 0.3 is 5.97 Å². The summed E-state index contributed by atoms with van der Waals surface area (Å²) >= 11 is 0. The van der Waals surface area contributed by atoms with Gasteiger partial charge in [-0.15, -0.1) is 0 Å². The predicted molar refractivity (Wildman–Crippen MR) is 68.2 cm³/mol. The zero-order valence-corrected chi connectivity index (χ0v) is 10.8. The third-order valence-electron chi connectivity index (χ3n) is 2.51. The lowest BCUT2D eigenvalue weighted by molar-refractivity contribution is -0.137. The summed E-state index contributed by atoms with van der Waals surface area (Å²) in [5.41, 5.74) is 0. The monoisotopic (exact) mass is 253 g/mol. The third-order valence-corrected chi connectivity index (χ3v) is 2.51. The second-order valence-corrected chi connectivity index (χ2v) is 3.97. The first-order chi connectivity index (χ1) is 8.61. The van der Waals surface area contributed by atoms with Crippen LogP contribution in [0.2, 0.25) is 0 Å². The number of rotatable bonds is 8. The Balaban J connectivity index is 2.22. The van der Waals surface area contributed by atoms with Crippen molar-refractivity contribution < 1.29 is 19.4 Å². The van der Waals surface area contributed by atoms with Gasteiger partial charge in [0.05, 0.1) is 13.5 Å². The Hall–Kier alpha value is -1.75. The van der Waals surface area contributed by atoms with E-state index >= 15 is 0 Å². The largest absolute Gasteiger partial charge is 0.497 e. The zero-order valence-electron chi connectivity index (χ0n) is 10.8. The number of methoxy groups -OCH3 is 1. The predicted octanol–water partition coefficient (Wildman–Crippen LogP) is 1.48. The molecule has 0 saturated heterocycles. The highest BCUT2D eigenvalue weighted by atomic mass is 16.5. The Morgan fingerprint density at radius 1 is 1.22 bits per heavy atom. The van der Waals surface area contributed by atoms with Gasteiger partial charge in [0.15, 0.2) is 0 Å². The van der Waals surface area contributed by atoms with Gasteiger partial charge in [0, 0.05) is 13.1 Å². The number of carbonyl (C=O) groups is 1. The fourth-order valence-electron chi connectivity index (χ4n) is 1.39. The molecule has 0 fully saturated rings. The molecule has 0 aliphatic carbocycles. The van der Waals surface area contributed by atoms with Crippen molar-refractivity contribution in [1.82, 2.24) is 4.90 Å². The fraction of sp³-hybridized carbons (Fsp3) is 0.462. The number of carboxylic acid groups (broad SMARTS) is 1. The molecule has 0 amide bonds. The number of aliphatic carboxylic acids is 1. The van der Waals surface area contributed by atoms with Crippen molar-refractivity contribution in [3.05, 3.63) is 24.3 Å². The topological polar surface area (TPSA) is 59.0 Å². The van der Waals surface area contributed by atoms with Crippen LogP contribution >= 0.6 is 0 Å². The minimum absolute atomic E-state index is 0.152. The van der Waals surface area contributed by atoms with Gasteiger partial charge in [-0.25, -0.2) is 0 Å². The molecular formula is C13H19NO4. The number of likely N-dealkylation sites (N-methyl/N-ethyl adjacent to an activating group) is 1. The first kappa shape index (κ1) is 14.3. The van der Waals surface area contributed by atoms with Crippen LogP contribution in [0, 0.1) is 0 Å². The van der Waals surface area contributed by atoms with E-state index in [0.29, 0.717) is 19.7 Å². The Morgan fingerprint density at radius 3 is 2.39 bits per heavy atom. The van der Waals surface area contributed by atoms with Crippen LogP contribution in [0.5, 0.6) is 11.5 Å². The summed E-state index contributed by atoms with van der Waals surface area (Å²) in [6.45, 7) is 1.75. The van der Waals surface area contributed by atoms with Gasteiger partial charge in [-0.1, -0.05) is 0 Å². The molecular weight excluding hydrogens is 234 g/mol. The van der Waals surface area contributed by atoms with Crippen LogP contribution in [0.15, 0.2) is 24.3 Å². The minimum atomic E-state index is -0.780. The van der Waals surface area contributed by atoms with Gasteiger partial charge in [0.2, 0.25) is 0 Å². The van der Waals surface area contributed by atoms with Gasteiger partial charge in [-0.05, 0) is 31.3 Å². The highest BCUT2D eigenvalue weighted by Crippen LogP contribution is 2.16. The van der Waals surface area contributed by atoms with E-state index in [-0.39, 0.29) is 6.42 Å². The van der Waals surface area contributed by atoms with Crippen LogP contribution in [0.1, 0.15) is 6.42 Å². The second kappa shape index (κ2) is 7.55. The van der Waals surface area contributed by atoms with Crippen LogP contribution in [0.25, 0.3) is 0 Å². The minimum Gasteiger partial charge on any atom is -0.497 e. The van der Waals surface area contributed by atoms with Gasteiger partial charge in [0.1, 0.15) is 18.1 Å². The lowest BCUT2D eigenvalue weighted by Crippen LogP contribution is -2.26. The van der Waals surface area contributed by atoms with Crippen molar-refractivity contribution in [3.63, 3.8) is 0 Å². The van der Waals surface area contributed by atoms with Gasteiger partial charge in [0.25, 0.3) is 0 Å². The van der Waals surface area contributed by atoms with Crippen molar-refractivity contribution in [2.75, 3.05) is 33.9 Å². The molecule has 1 N–H and O–H groups in total.